The first-order chi connectivity index (χ1) is 11.5. The number of rotatable bonds is 6. The summed E-state index contributed by atoms with van der Waals surface area (Å²) in [6, 6.07) is 9.94. The van der Waals surface area contributed by atoms with Gasteiger partial charge in [0.1, 0.15) is 18.8 Å². The maximum atomic E-state index is 12.2. The summed E-state index contributed by atoms with van der Waals surface area (Å²) >= 11 is 0. The molecule has 0 aliphatic carbocycles. The van der Waals surface area contributed by atoms with Crippen molar-refractivity contribution in [3.63, 3.8) is 0 Å². The van der Waals surface area contributed by atoms with Crippen molar-refractivity contribution in [3.8, 4) is 0 Å². The molecule has 0 unspecified atom stereocenters. The maximum Gasteiger partial charge on any atom is 0.325 e. The van der Waals surface area contributed by atoms with Crippen LogP contribution >= 0.6 is 0 Å². The molecular weight excluding hydrogens is 310 g/mol. The second kappa shape index (κ2) is 6.53. The van der Waals surface area contributed by atoms with E-state index < -0.39 is 5.97 Å². The van der Waals surface area contributed by atoms with Crippen molar-refractivity contribution in [1.29, 1.82) is 0 Å². The zero-order chi connectivity index (χ0) is 17.1. The average Bonchev–Trinajstić information content (AvgIpc) is 3.10. The van der Waals surface area contributed by atoms with Crippen molar-refractivity contribution < 1.29 is 14.7 Å². The van der Waals surface area contributed by atoms with Crippen molar-refractivity contribution in [3.05, 3.63) is 47.9 Å². The molecule has 2 N–H and O–H groups in total. The molecule has 8 heteroatoms. The third kappa shape index (κ3) is 3.43. The summed E-state index contributed by atoms with van der Waals surface area (Å²) in [6.45, 7) is 2.12. The highest BCUT2D eigenvalue weighted by atomic mass is 16.4. The lowest BCUT2D eigenvalue weighted by Crippen LogP contribution is -2.27. The molecule has 0 radical (unpaired) electrons. The number of amides is 1. The fourth-order valence-corrected chi connectivity index (χ4v) is 2.58. The van der Waals surface area contributed by atoms with Crippen molar-refractivity contribution in [2.45, 2.75) is 26.6 Å². The fourth-order valence-electron chi connectivity index (χ4n) is 2.58. The Hall–Kier alpha value is -3.16. The monoisotopic (exact) mass is 327 g/mol. The number of nitrogens with one attached hydrogen (secondary N) is 1. The minimum Gasteiger partial charge on any atom is -0.480 e. The zero-order valence-corrected chi connectivity index (χ0v) is 13.1. The molecule has 24 heavy (non-hydrogen) atoms. The fraction of sp³-hybridized carbons (Fsp3) is 0.250. The van der Waals surface area contributed by atoms with Gasteiger partial charge in [0.25, 0.3) is 0 Å². The summed E-state index contributed by atoms with van der Waals surface area (Å²) in [5.41, 5.74) is 2.54. The molecule has 3 rings (SSSR count). The SMILES string of the molecule is Cc1cc2ccccc2n1CC(=O)NCc1cn(CC(=O)O)nn1. The number of aryl methyl sites for hydroxylation is 1. The van der Waals surface area contributed by atoms with Crippen LogP contribution in [0, 0.1) is 6.92 Å². The van der Waals surface area contributed by atoms with Crippen molar-refractivity contribution in [1.82, 2.24) is 24.9 Å². The first-order valence-electron chi connectivity index (χ1n) is 7.45. The summed E-state index contributed by atoms with van der Waals surface area (Å²) in [4.78, 5) is 22.8. The minimum absolute atomic E-state index is 0.146. The molecule has 0 aliphatic rings. The maximum absolute atomic E-state index is 12.2. The Morgan fingerprint density at radius 3 is 2.83 bits per heavy atom. The average molecular weight is 327 g/mol. The van der Waals surface area contributed by atoms with E-state index in [1.807, 2.05) is 41.8 Å². The molecule has 0 spiro atoms. The van der Waals surface area contributed by atoms with E-state index in [1.165, 1.54) is 10.9 Å². The van der Waals surface area contributed by atoms with E-state index in [-0.39, 0.29) is 25.5 Å². The second-order valence-electron chi connectivity index (χ2n) is 5.51. The summed E-state index contributed by atoms with van der Waals surface area (Å²) in [5, 5.41) is 20.1. The van der Waals surface area contributed by atoms with E-state index in [0.717, 1.165) is 16.6 Å². The molecule has 124 valence electrons. The van der Waals surface area contributed by atoms with Crippen LogP contribution < -0.4 is 5.32 Å². The van der Waals surface area contributed by atoms with E-state index in [1.54, 1.807) is 0 Å². The number of hydrogen-bond acceptors (Lipinski definition) is 4. The van der Waals surface area contributed by atoms with Gasteiger partial charge in [0.05, 0.1) is 12.7 Å². The van der Waals surface area contributed by atoms with E-state index in [9.17, 15) is 9.59 Å². The Kier molecular flexibility index (Phi) is 4.28. The highest BCUT2D eigenvalue weighted by Crippen LogP contribution is 2.18. The lowest BCUT2D eigenvalue weighted by molar-refractivity contribution is -0.138. The van der Waals surface area contributed by atoms with Crippen molar-refractivity contribution >= 4 is 22.8 Å². The molecular formula is C16H17N5O3. The summed E-state index contributed by atoms with van der Waals surface area (Å²) < 4.78 is 3.17. The van der Waals surface area contributed by atoms with Crippen LogP contribution in [-0.4, -0.2) is 36.5 Å². The normalized spacial score (nSPS) is 10.9. The number of carbonyl (C=O) groups is 2. The summed E-state index contributed by atoms with van der Waals surface area (Å²) in [6.07, 6.45) is 1.50. The molecule has 0 atom stereocenters. The van der Waals surface area contributed by atoms with Crippen molar-refractivity contribution in [2.24, 2.45) is 0 Å². The van der Waals surface area contributed by atoms with E-state index >= 15 is 0 Å². The van der Waals surface area contributed by atoms with E-state index in [2.05, 4.69) is 15.6 Å². The Balaban J connectivity index is 1.62. The van der Waals surface area contributed by atoms with Gasteiger partial charge >= 0.3 is 5.97 Å². The first-order valence-corrected chi connectivity index (χ1v) is 7.45. The van der Waals surface area contributed by atoms with Gasteiger partial charge in [-0.15, -0.1) is 5.10 Å². The van der Waals surface area contributed by atoms with Crippen LogP contribution in [0.1, 0.15) is 11.4 Å². The van der Waals surface area contributed by atoms with E-state index in [4.69, 9.17) is 5.11 Å². The van der Waals surface area contributed by atoms with Crippen molar-refractivity contribution in [2.75, 3.05) is 0 Å². The van der Waals surface area contributed by atoms with Crippen LogP contribution in [0.25, 0.3) is 10.9 Å². The van der Waals surface area contributed by atoms with Gasteiger partial charge in [-0.3, -0.25) is 9.59 Å². The van der Waals surface area contributed by atoms with Gasteiger partial charge in [-0.25, -0.2) is 4.68 Å². The number of nitrogens with zero attached hydrogens (tertiary/aromatic N) is 4. The molecule has 0 saturated carbocycles. The predicted octanol–water partition coefficient (Wildman–Crippen LogP) is 0.942. The number of hydrogen-bond donors (Lipinski definition) is 2. The molecule has 1 amide bonds. The van der Waals surface area contributed by atoms with Crippen LogP contribution in [0.3, 0.4) is 0 Å². The van der Waals surface area contributed by atoms with Gasteiger partial charge < -0.3 is 15.0 Å². The molecule has 2 aromatic heterocycles. The highest BCUT2D eigenvalue weighted by molar-refractivity contribution is 5.84. The number of para-hydroxylation sites is 1. The van der Waals surface area contributed by atoms with Crippen LogP contribution in [0.2, 0.25) is 0 Å². The smallest absolute Gasteiger partial charge is 0.325 e. The predicted molar refractivity (Wildman–Crippen MR) is 86.2 cm³/mol. The number of carboxylic acids is 1. The van der Waals surface area contributed by atoms with Crippen LogP contribution in [-0.2, 0) is 29.2 Å². The third-order valence-electron chi connectivity index (χ3n) is 3.67. The minimum atomic E-state index is -0.995. The molecule has 0 saturated heterocycles. The quantitative estimate of drug-likeness (QED) is 0.701. The Morgan fingerprint density at radius 1 is 1.25 bits per heavy atom. The molecule has 0 aliphatic heterocycles. The number of aliphatic carboxylic acids is 1. The topological polar surface area (TPSA) is 102 Å². The lowest BCUT2D eigenvalue weighted by Gasteiger charge is -2.08. The molecule has 0 fully saturated rings. The van der Waals surface area contributed by atoms with Gasteiger partial charge in [0.15, 0.2) is 0 Å². The van der Waals surface area contributed by atoms with E-state index in [0.29, 0.717) is 5.69 Å². The molecule has 0 bridgehead atoms. The number of benzene rings is 1. The highest BCUT2D eigenvalue weighted by Gasteiger charge is 2.10. The summed E-state index contributed by atoms with van der Waals surface area (Å²) in [5.74, 6) is -1.14. The standard InChI is InChI=1S/C16H17N5O3/c1-11-6-12-4-2-3-5-14(12)21(11)9-15(22)17-7-13-8-20(19-18-13)10-16(23)24/h2-6,8H,7,9-10H2,1H3,(H,17,22)(H,23,24). The van der Waals surface area contributed by atoms with Crippen LogP contribution in [0.15, 0.2) is 36.5 Å². The molecule has 3 aromatic rings. The number of carbonyl (C=O) groups excluding carboxylic acids is 1. The van der Waals surface area contributed by atoms with Gasteiger partial charge in [-0.2, -0.15) is 0 Å². The van der Waals surface area contributed by atoms with Crippen LogP contribution in [0.4, 0.5) is 0 Å². The number of aromatic nitrogens is 4. The second-order valence-corrected chi connectivity index (χ2v) is 5.51. The van der Waals surface area contributed by atoms with Gasteiger partial charge in [0.2, 0.25) is 5.91 Å². The largest absolute Gasteiger partial charge is 0.480 e. The first kappa shape index (κ1) is 15.7. The van der Waals surface area contributed by atoms with Gasteiger partial charge in [-0.05, 0) is 24.4 Å². The van der Waals surface area contributed by atoms with Crippen LogP contribution in [0.5, 0.6) is 0 Å². The molecule has 8 nitrogen and oxygen atoms in total. The van der Waals surface area contributed by atoms with Gasteiger partial charge in [0, 0.05) is 11.2 Å². The Bertz CT molecular complexity index is 896. The summed E-state index contributed by atoms with van der Waals surface area (Å²) in [7, 11) is 0. The number of carboxylic acid groups (broad SMARTS) is 1. The Labute approximate surface area is 137 Å². The third-order valence-corrected chi connectivity index (χ3v) is 3.67. The Morgan fingerprint density at radius 2 is 2.04 bits per heavy atom. The lowest BCUT2D eigenvalue weighted by atomic mass is 10.2. The zero-order valence-electron chi connectivity index (χ0n) is 13.1. The molecule has 2 heterocycles. The number of fused-ring (bicyclic) bond motifs is 1. The molecule has 1 aromatic carbocycles. The van der Waals surface area contributed by atoms with Gasteiger partial charge in [-0.1, -0.05) is 23.4 Å².